The molecule has 1 aliphatic rings. The lowest BCUT2D eigenvalue weighted by molar-refractivity contribution is 0.0601. The van der Waals surface area contributed by atoms with Crippen molar-refractivity contribution < 1.29 is 23.7 Å². The molecule has 1 unspecified atom stereocenters. The van der Waals surface area contributed by atoms with E-state index in [1.54, 1.807) is 26.3 Å². The van der Waals surface area contributed by atoms with Crippen molar-refractivity contribution in [2.75, 3.05) is 39.8 Å². The summed E-state index contributed by atoms with van der Waals surface area (Å²) in [6.45, 7) is 1.23. The number of rotatable bonds is 5. The zero-order valence-corrected chi connectivity index (χ0v) is 11.9. The van der Waals surface area contributed by atoms with Gasteiger partial charge in [-0.15, -0.1) is 0 Å². The highest BCUT2D eigenvalue weighted by Gasteiger charge is 2.22. The fourth-order valence-electron chi connectivity index (χ4n) is 2.08. The second kappa shape index (κ2) is 6.47. The minimum Gasteiger partial charge on any atom is -0.493 e. The first-order chi connectivity index (χ1) is 9.69. The van der Waals surface area contributed by atoms with Gasteiger partial charge in [0.2, 0.25) is 0 Å². The minimum absolute atomic E-state index is 0.0187. The highest BCUT2D eigenvalue weighted by Crippen LogP contribution is 2.35. The molecule has 0 aliphatic carbocycles. The van der Waals surface area contributed by atoms with E-state index in [1.165, 1.54) is 7.11 Å². The number of esters is 1. The van der Waals surface area contributed by atoms with E-state index < -0.39 is 5.97 Å². The van der Waals surface area contributed by atoms with Crippen molar-refractivity contribution >= 4 is 11.7 Å². The Bertz CT molecular complexity index is 483. The van der Waals surface area contributed by atoms with Crippen molar-refractivity contribution in [3.8, 4) is 11.5 Å². The summed E-state index contributed by atoms with van der Waals surface area (Å²) in [6.07, 6.45) is 0.805. The van der Waals surface area contributed by atoms with Gasteiger partial charge in [0.25, 0.3) is 0 Å². The molecule has 110 valence electrons. The van der Waals surface area contributed by atoms with Crippen LogP contribution in [0.25, 0.3) is 0 Å². The number of carbonyl (C=O) groups excluding carboxylic acids is 1. The number of nitrogens with one attached hydrogen (secondary N) is 1. The van der Waals surface area contributed by atoms with Crippen LogP contribution in [0, 0.1) is 0 Å². The molecule has 20 heavy (non-hydrogen) atoms. The van der Waals surface area contributed by atoms with E-state index >= 15 is 0 Å². The molecule has 1 saturated heterocycles. The van der Waals surface area contributed by atoms with Gasteiger partial charge in [-0.25, -0.2) is 4.79 Å². The SMILES string of the molecule is CNc1cc(OC)c(OC2CCOC2)cc1C(=O)OC. The first-order valence-corrected chi connectivity index (χ1v) is 6.42. The number of anilines is 1. The van der Waals surface area contributed by atoms with Crippen LogP contribution in [0.15, 0.2) is 12.1 Å². The van der Waals surface area contributed by atoms with Crippen LogP contribution in [-0.2, 0) is 9.47 Å². The topological polar surface area (TPSA) is 66.0 Å². The van der Waals surface area contributed by atoms with Crippen molar-refractivity contribution in [1.29, 1.82) is 0 Å². The fraction of sp³-hybridized carbons (Fsp3) is 0.500. The van der Waals surface area contributed by atoms with Gasteiger partial charge in [-0.2, -0.15) is 0 Å². The quantitative estimate of drug-likeness (QED) is 0.829. The van der Waals surface area contributed by atoms with Crippen LogP contribution in [0.2, 0.25) is 0 Å². The van der Waals surface area contributed by atoms with Gasteiger partial charge in [-0.3, -0.25) is 0 Å². The molecule has 0 bridgehead atoms. The molecule has 0 aromatic heterocycles. The number of hydrogen-bond donors (Lipinski definition) is 1. The van der Waals surface area contributed by atoms with Gasteiger partial charge in [0, 0.05) is 25.6 Å². The predicted molar refractivity (Wildman–Crippen MR) is 73.7 cm³/mol. The molecule has 1 aliphatic heterocycles. The average Bonchev–Trinajstić information content (AvgIpc) is 2.99. The van der Waals surface area contributed by atoms with Crippen LogP contribution >= 0.6 is 0 Å². The molecule has 1 N–H and O–H groups in total. The largest absolute Gasteiger partial charge is 0.493 e. The van der Waals surface area contributed by atoms with Crippen molar-refractivity contribution in [2.45, 2.75) is 12.5 Å². The van der Waals surface area contributed by atoms with Gasteiger partial charge in [0.15, 0.2) is 11.5 Å². The average molecular weight is 281 g/mol. The number of carbonyl (C=O) groups is 1. The van der Waals surface area contributed by atoms with Gasteiger partial charge < -0.3 is 24.3 Å². The molecule has 6 nitrogen and oxygen atoms in total. The molecule has 1 atom stereocenters. The summed E-state index contributed by atoms with van der Waals surface area (Å²) in [5, 5.41) is 2.95. The van der Waals surface area contributed by atoms with Gasteiger partial charge in [0.1, 0.15) is 6.10 Å². The van der Waals surface area contributed by atoms with Crippen LogP contribution < -0.4 is 14.8 Å². The van der Waals surface area contributed by atoms with Crippen LogP contribution in [0.1, 0.15) is 16.8 Å². The molecule has 0 amide bonds. The maximum atomic E-state index is 11.8. The molecule has 1 fully saturated rings. The van der Waals surface area contributed by atoms with Crippen LogP contribution in [-0.4, -0.2) is 46.6 Å². The Morgan fingerprint density at radius 1 is 1.35 bits per heavy atom. The monoisotopic (exact) mass is 281 g/mol. The van der Waals surface area contributed by atoms with Crippen molar-refractivity contribution in [3.05, 3.63) is 17.7 Å². The third kappa shape index (κ3) is 2.96. The molecule has 1 aromatic carbocycles. The van der Waals surface area contributed by atoms with Gasteiger partial charge in [-0.1, -0.05) is 0 Å². The lowest BCUT2D eigenvalue weighted by Crippen LogP contribution is -2.17. The molecule has 0 saturated carbocycles. The summed E-state index contributed by atoms with van der Waals surface area (Å²) in [5.41, 5.74) is 1.04. The first kappa shape index (κ1) is 14.5. The van der Waals surface area contributed by atoms with E-state index in [0.29, 0.717) is 36.0 Å². The van der Waals surface area contributed by atoms with E-state index in [2.05, 4.69) is 5.32 Å². The Balaban J connectivity index is 2.34. The molecular weight excluding hydrogens is 262 g/mol. The zero-order chi connectivity index (χ0) is 14.5. The Kier molecular flexibility index (Phi) is 4.68. The third-order valence-electron chi connectivity index (χ3n) is 3.16. The van der Waals surface area contributed by atoms with Crippen LogP contribution in [0.5, 0.6) is 11.5 Å². The van der Waals surface area contributed by atoms with E-state index in [1.807, 2.05) is 0 Å². The van der Waals surface area contributed by atoms with E-state index in [-0.39, 0.29) is 6.10 Å². The molecule has 1 aromatic rings. The highest BCUT2D eigenvalue weighted by molar-refractivity contribution is 5.96. The predicted octanol–water partition coefficient (Wildman–Crippen LogP) is 1.69. The zero-order valence-electron chi connectivity index (χ0n) is 11.9. The van der Waals surface area contributed by atoms with Crippen LogP contribution in [0.3, 0.4) is 0 Å². The Labute approximate surface area is 118 Å². The molecule has 6 heteroatoms. The van der Waals surface area contributed by atoms with Crippen molar-refractivity contribution in [3.63, 3.8) is 0 Å². The lowest BCUT2D eigenvalue weighted by Gasteiger charge is -2.17. The number of methoxy groups -OCH3 is 2. The molecular formula is C14H19NO5. The summed E-state index contributed by atoms with van der Waals surface area (Å²) < 4.78 is 21.2. The lowest BCUT2D eigenvalue weighted by atomic mass is 10.1. The van der Waals surface area contributed by atoms with Crippen LogP contribution in [0.4, 0.5) is 5.69 Å². The van der Waals surface area contributed by atoms with Gasteiger partial charge >= 0.3 is 5.97 Å². The van der Waals surface area contributed by atoms with Crippen molar-refractivity contribution in [1.82, 2.24) is 0 Å². The molecule has 2 rings (SSSR count). The van der Waals surface area contributed by atoms with Crippen molar-refractivity contribution in [2.24, 2.45) is 0 Å². The number of hydrogen-bond acceptors (Lipinski definition) is 6. The van der Waals surface area contributed by atoms with E-state index in [4.69, 9.17) is 18.9 Å². The maximum absolute atomic E-state index is 11.8. The first-order valence-electron chi connectivity index (χ1n) is 6.42. The molecule has 0 radical (unpaired) electrons. The maximum Gasteiger partial charge on any atom is 0.340 e. The van der Waals surface area contributed by atoms with E-state index in [9.17, 15) is 4.79 Å². The standard InChI is InChI=1S/C14H19NO5/c1-15-11-7-12(17-2)13(6-10(11)14(16)18-3)20-9-4-5-19-8-9/h6-7,9,15H,4-5,8H2,1-3H3. The van der Waals surface area contributed by atoms with Gasteiger partial charge in [-0.05, 0) is 0 Å². The summed E-state index contributed by atoms with van der Waals surface area (Å²) in [4.78, 5) is 11.8. The highest BCUT2D eigenvalue weighted by atomic mass is 16.6. The summed E-state index contributed by atoms with van der Waals surface area (Å²) in [6, 6.07) is 3.35. The number of ether oxygens (including phenoxy) is 4. The minimum atomic E-state index is -0.426. The second-order valence-corrected chi connectivity index (χ2v) is 4.39. The molecule has 1 heterocycles. The van der Waals surface area contributed by atoms with E-state index in [0.717, 1.165) is 6.42 Å². The Morgan fingerprint density at radius 3 is 2.70 bits per heavy atom. The third-order valence-corrected chi connectivity index (χ3v) is 3.16. The summed E-state index contributed by atoms with van der Waals surface area (Å²) in [5.74, 6) is 0.654. The smallest absolute Gasteiger partial charge is 0.340 e. The Morgan fingerprint density at radius 2 is 2.15 bits per heavy atom. The Hall–Kier alpha value is -1.95. The van der Waals surface area contributed by atoms with Gasteiger partial charge in [0.05, 0.1) is 38.7 Å². The fourth-order valence-corrected chi connectivity index (χ4v) is 2.08. The second-order valence-electron chi connectivity index (χ2n) is 4.39. The normalized spacial score (nSPS) is 17.6. The summed E-state index contributed by atoms with van der Waals surface area (Å²) in [7, 11) is 4.63. The number of benzene rings is 1. The molecule has 0 spiro atoms. The summed E-state index contributed by atoms with van der Waals surface area (Å²) >= 11 is 0.